The van der Waals surface area contributed by atoms with Crippen LogP contribution in [-0.4, -0.2) is 52.2 Å². The molecule has 0 aliphatic carbocycles. The summed E-state index contributed by atoms with van der Waals surface area (Å²) in [6.07, 6.45) is 8.96. The van der Waals surface area contributed by atoms with E-state index >= 15 is 0 Å². The minimum absolute atomic E-state index is 0. The van der Waals surface area contributed by atoms with E-state index in [0.717, 1.165) is 51.4 Å². The molecule has 0 saturated carbocycles. The number of carboxylic acid groups (broad SMARTS) is 2. The van der Waals surface area contributed by atoms with Gasteiger partial charge in [0.15, 0.2) is 0 Å². The number of carbonyl (C=O) groups is 4. The molecule has 2 rings (SSSR count). The Labute approximate surface area is 271 Å². The van der Waals surface area contributed by atoms with Crippen LogP contribution in [0, 0.1) is 0 Å². The summed E-state index contributed by atoms with van der Waals surface area (Å²) in [6.45, 7) is 1.11. The first-order chi connectivity index (χ1) is 19.2. The van der Waals surface area contributed by atoms with Gasteiger partial charge in [0.05, 0.1) is 11.1 Å². The van der Waals surface area contributed by atoms with E-state index in [9.17, 15) is 34.5 Å². The molecule has 228 valence electrons. The van der Waals surface area contributed by atoms with Crippen molar-refractivity contribution in [1.29, 1.82) is 0 Å². The van der Waals surface area contributed by atoms with Crippen molar-refractivity contribution in [2.75, 3.05) is 13.1 Å². The van der Waals surface area contributed by atoms with Crippen LogP contribution < -0.4 is 45.3 Å². The van der Waals surface area contributed by atoms with E-state index in [2.05, 4.69) is 10.6 Å². The van der Waals surface area contributed by atoms with E-state index in [4.69, 9.17) is 5.11 Å². The molecule has 11 heteroatoms. The van der Waals surface area contributed by atoms with Gasteiger partial charge < -0.3 is 35.9 Å². The van der Waals surface area contributed by atoms with E-state index in [0.29, 0.717) is 25.9 Å². The zero-order valence-corrected chi connectivity index (χ0v) is 25.9. The molecule has 5 N–H and O–H groups in total. The van der Waals surface area contributed by atoms with Crippen molar-refractivity contribution in [2.24, 2.45) is 0 Å². The fourth-order valence-corrected chi connectivity index (χ4v) is 3.78. The average molecular weight is 597 g/mol. The van der Waals surface area contributed by atoms with Crippen molar-refractivity contribution in [3.63, 3.8) is 0 Å². The molecule has 0 unspecified atom stereocenters. The van der Waals surface area contributed by atoms with Crippen molar-refractivity contribution in [3.05, 3.63) is 59.7 Å². The van der Waals surface area contributed by atoms with Crippen LogP contribution in [0.15, 0.2) is 48.5 Å². The van der Waals surface area contributed by atoms with Gasteiger partial charge >= 0.3 is 35.5 Å². The number of carboxylic acids is 2. The monoisotopic (exact) mass is 596 g/mol. The number of phenolic OH excluding ortho intramolecular Hbond substituents is 2. The number of benzene rings is 2. The Morgan fingerprint density at radius 1 is 0.595 bits per heavy atom. The van der Waals surface area contributed by atoms with Gasteiger partial charge in [-0.3, -0.25) is 14.4 Å². The van der Waals surface area contributed by atoms with Gasteiger partial charge in [-0.15, -0.1) is 0 Å². The summed E-state index contributed by atoms with van der Waals surface area (Å²) in [6, 6.07) is 12.9. The predicted molar refractivity (Wildman–Crippen MR) is 156 cm³/mol. The Morgan fingerprint density at radius 3 is 1.33 bits per heavy atom. The van der Waals surface area contributed by atoms with E-state index < -0.39 is 11.9 Å². The molecule has 0 bridgehead atoms. The summed E-state index contributed by atoms with van der Waals surface area (Å²) < 4.78 is 0. The fraction of sp³-hybridized carbons (Fsp3) is 0.484. The third-order valence-corrected chi connectivity index (χ3v) is 5.99. The van der Waals surface area contributed by atoms with E-state index in [1.54, 1.807) is 36.4 Å². The molecule has 10 nitrogen and oxygen atoms in total. The topological polar surface area (TPSA) is 176 Å². The number of aliphatic carboxylic acids is 2. The quantitative estimate of drug-likeness (QED) is 0.127. The summed E-state index contributed by atoms with van der Waals surface area (Å²) in [5.74, 6) is -2.33. The largest absolute Gasteiger partial charge is 1.00 e. The third kappa shape index (κ3) is 19.9. The number of amides is 2. The standard InChI is InChI=1S/2C15H21NO4.CH4.Na/c2*17-13-9-6-5-8-12(13)15(20)16-11-7-3-1-2-4-10-14(18)19;;/h2*5-6,8-9,17H,1-4,7,10-11H2,(H,16,20)(H,18,19);1H4;/q;;;+1/p-1. The van der Waals surface area contributed by atoms with Crippen molar-refractivity contribution in [2.45, 2.75) is 84.5 Å². The summed E-state index contributed by atoms with van der Waals surface area (Å²) >= 11 is 0. The number of unbranched alkanes of at least 4 members (excludes halogenated alkanes) is 8. The van der Waals surface area contributed by atoms with Crippen LogP contribution in [0.4, 0.5) is 0 Å². The van der Waals surface area contributed by atoms with Gasteiger partial charge in [0.25, 0.3) is 11.8 Å². The Morgan fingerprint density at radius 2 is 0.952 bits per heavy atom. The number of hydrogen-bond donors (Lipinski definition) is 5. The first kappa shape index (κ1) is 41.1. The number of rotatable bonds is 18. The maximum atomic E-state index is 11.7. The molecule has 42 heavy (non-hydrogen) atoms. The number of para-hydroxylation sites is 2. The maximum Gasteiger partial charge on any atom is 1.00 e. The van der Waals surface area contributed by atoms with Gasteiger partial charge in [-0.05, 0) is 56.4 Å². The van der Waals surface area contributed by atoms with Gasteiger partial charge in [-0.25, -0.2) is 0 Å². The summed E-state index contributed by atoms with van der Waals surface area (Å²) in [5, 5.41) is 43.2. The normalized spacial score (nSPS) is 9.71. The number of hydrogen-bond acceptors (Lipinski definition) is 7. The SMILES string of the molecule is C.O=C(O)CCCCCCCNC(=O)c1ccccc1O.O=C([O-])CCCCCCCNC(=O)c1ccccc1O.[Na+]. The van der Waals surface area contributed by atoms with E-state index in [1.807, 2.05) is 0 Å². The van der Waals surface area contributed by atoms with Gasteiger partial charge in [0.2, 0.25) is 0 Å². The van der Waals surface area contributed by atoms with Crippen LogP contribution in [0.1, 0.15) is 105 Å². The molecule has 0 fully saturated rings. The number of carbonyl (C=O) groups excluding carboxylic acids is 3. The third-order valence-electron chi connectivity index (χ3n) is 5.99. The number of aromatic hydroxyl groups is 2. The molecule has 2 amide bonds. The summed E-state index contributed by atoms with van der Waals surface area (Å²) in [4.78, 5) is 44.0. The van der Waals surface area contributed by atoms with Gasteiger partial charge in [-0.1, -0.05) is 70.2 Å². The van der Waals surface area contributed by atoms with Gasteiger partial charge in [0, 0.05) is 25.5 Å². The van der Waals surface area contributed by atoms with Crippen molar-refractivity contribution in [1.82, 2.24) is 10.6 Å². The molecule has 0 atom stereocenters. The van der Waals surface area contributed by atoms with Crippen molar-refractivity contribution >= 4 is 23.8 Å². The van der Waals surface area contributed by atoms with E-state index in [1.165, 1.54) is 12.1 Å². The molecule has 0 aromatic heterocycles. The average Bonchev–Trinajstić information content (AvgIpc) is 2.92. The van der Waals surface area contributed by atoms with Gasteiger partial charge in [0.1, 0.15) is 11.5 Å². The fourth-order valence-electron chi connectivity index (χ4n) is 3.78. The zero-order chi connectivity index (χ0) is 29.6. The first-order valence-corrected chi connectivity index (χ1v) is 13.8. The zero-order valence-electron chi connectivity index (χ0n) is 23.9. The van der Waals surface area contributed by atoms with Crippen molar-refractivity contribution in [3.8, 4) is 11.5 Å². The van der Waals surface area contributed by atoms with Crippen LogP contribution in [-0.2, 0) is 9.59 Å². The van der Waals surface area contributed by atoms with Crippen LogP contribution in [0.25, 0.3) is 0 Å². The molecule has 0 saturated heterocycles. The molecule has 0 spiro atoms. The number of nitrogens with one attached hydrogen (secondary N) is 2. The minimum Gasteiger partial charge on any atom is -0.550 e. The van der Waals surface area contributed by atoms with Crippen LogP contribution in [0.3, 0.4) is 0 Å². The molecule has 2 aromatic rings. The first-order valence-electron chi connectivity index (χ1n) is 13.8. The summed E-state index contributed by atoms with van der Waals surface area (Å²) in [7, 11) is 0. The molecular formula is C31H45N2NaO8. The molecular weight excluding hydrogens is 551 g/mol. The van der Waals surface area contributed by atoms with Crippen molar-refractivity contribution < 1.29 is 69.2 Å². The molecule has 0 heterocycles. The second-order valence-corrected chi connectivity index (χ2v) is 9.35. The molecule has 0 aliphatic heterocycles. The maximum absolute atomic E-state index is 11.7. The second-order valence-electron chi connectivity index (χ2n) is 9.35. The minimum atomic E-state index is -1.00. The van der Waals surface area contributed by atoms with Gasteiger partial charge in [-0.2, -0.15) is 0 Å². The Balaban J connectivity index is 0. The molecule has 2 aromatic carbocycles. The van der Waals surface area contributed by atoms with Crippen LogP contribution in [0.5, 0.6) is 11.5 Å². The van der Waals surface area contributed by atoms with Crippen LogP contribution in [0.2, 0.25) is 0 Å². The Hall–Kier alpha value is -3.08. The molecule has 0 aliphatic rings. The van der Waals surface area contributed by atoms with E-state index in [-0.39, 0.29) is 84.3 Å². The predicted octanol–water partition coefficient (Wildman–Crippen LogP) is 1.40. The smallest absolute Gasteiger partial charge is 0.550 e. The Kier molecular flexibility index (Phi) is 25.0. The van der Waals surface area contributed by atoms with Crippen LogP contribution >= 0.6 is 0 Å². The number of phenols is 2. The molecule has 0 radical (unpaired) electrons. The summed E-state index contributed by atoms with van der Waals surface area (Å²) in [5.41, 5.74) is 0.565. The Bertz CT molecular complexity index is 981. The second kappa shape index (κ2) is 25.6.